The molecule has 0 aromatic heterocycles. The lowest BCUT2D eigenvalue weighted by Crippen LogP contribution is -2.61. The zero-order valence-corrected chi connectivity index (χ0v) is 30.8. The Balaban J connectivity index is 1.38. The van der Waals surface area contributed by atoms with Crippen LogP contribution < -0.4 is 4.74 Å². The van der Waals surface area contributed by atoms with Gasteiger partial charge in [0.1, 0.15) is 30.2 Å². The second-order valence-electron chi connectivity index (χ2n) is 13.1. The van der Waals surface area contributed by atoms with E-state index in [4.69, 9.17) is 33.2 Å². The molecule has 6 rings (SSSR count). The average molecular weight is 729 g/mol. The van der Waals surface area contributed by atoms with E-state index in [1.54, 1.807) is 7.11 Å². The summed E-state index contributed by atoms with van der Waals surface area (Å²) in [5.74, 6) is 0.236. The summed E-state index contributed by atoms with van der Waals surface area (Å²) in [6.45, 7) is 1.62. The van der Waals surface area contributed by atoms with Gasteiger partial charge in [-0.15, -0.1) is 0 Å². The number of hydrogen-bond acceptors (Lipinski definition) is 8. The van der Waals surface area contributed by atoms with Gasteiger partial charge in [-0.3, -0.25) is 0 Å². The summed E-state index contributed by atoms with van der Waals surface area (Å²) >= 11 is 0. The van der Waals surface area contributed by atoms with Crippen molar-refractivity contribution in [3.8, 4) is 5.75 Å². The number of carbonyl (C=O) groups is 1. The van der Waals surface area contributed by atoms with E-state index in [1.807, 2.05) is 146 Å². The summed E-state index contributed by atoms with van der Waals surface area (Å²) < 4.78 is 44.5. The Morgan fingerprint density at radius 1 is 0.556 bits per heavy atom. The lowest BCUT2D eigenvalue weighted by Gasteiger charge is -2.46. The van der Waals surface area contributed by atoms with Crippen molar-refractivity contribution in [2.75, 3.05) is 20.8 Å². The maximum absolute atomic E-state index is 12.8. The molecular weight excluding hydrogens is 680 g/mol. The molecular formula is C46H48O8. The highest BCUT2D eigenvalue weighted by Crippen LogP contribution is 2.36. The molecule has 0 spiro atoms. The molecule has 280 valence electrons. The molecule has 0 saturated carbocycles. The van der Waals surface area contributed by atoms with E-state index >= 15 is 0 Å². The Hall–Kier alpha value is -5.09. The average Bonchev–Trinajstić information content (AvgIpc) is 3.23. The van der Waals surface area contributed by atoms with Gasteiger partial charge in [-0.1, -0.05) is 133 Å². The number of methoxy groups -OCH3 is 2. The molecule has 8 nitrogen and oxygen atoms in total. The van der Waals surface area contributed by atoms with Gasteiger partial charge in [-0.05, 0) is 45.5 Å². The van der Waals surface area contributed by atoms with Crippen LogP contribution in [0.25, 0.3) is 5.57 Å². The van der Waals surface area contributed by atoms with Crippen molar-refractivity contribution in [1.82, 2.24) is 0 Å². The van der Waals surface area contributed by atoms with Gasteiger partial charge in [0.2, 0.25) is 0 Å². The van der Waals surface area contributed by atoms with Crippen molar-refractivity contribution in [3.63, 3.8) is 0 Å². The maximum atomic E-state index is 12.8. The lowest BCUT2D eigenvalue weighted by molar-refractivity contribution is -0.271. The van der Waals surface area contributed by atoms with Crippen LogP contribution >= 0.6 is 0 Å². The number of rotatable bonds is 18. The zero-order valence-electron chi connectivity index (χ0n) is 30.8. The first-order valence-electron chi connectivity index (χ1n) is 18.3. The first-order valence-corrected chi connectivity index (χ1v) is 18.3. The zero-order chi connectivity index (χ0) is 37.4. The Morgan fingerprint density at radius 2 is 1.00 bits per heavy atom. The molecule has 0 aliphatic carbocycles. The van der Waals surface area contributed by atoms with Gasteiger partial charge < -0.3 is 33.2 Å². The van der Waals surface area contributed by atoms with Crippen molar-refractivity contribution < 1.29 is 38.0 Å². The quantitative estimate of drug-likeness (QED) is 0.0658. The topological polar surface area (TPSA) is 81.7 Å². The second kappa shape index (κ2) is 20.4. The van der Waals surface area contributed by atoms with Gasteiger partial charge in [-0.25, -0.2) is 4.79 Å². The van der Waals surface area contributed by atoms with E-state index in [-0.39, 0.29) is 6.61 Å². The molecule has 1 saturated heterocycles. The van der Waals surface area contributed by atoms with E-state index < -0.39 is 36.5 Å². The van der Waals surface area contributed by atoms with Crippen molar-refractivity contribution in [3.05, 3.63) is 179 Å². The van der Waals surface area contributed by atoms with Crippen LogP contribution in [0.2, 0.25) is 0 Å². The number of ether oxygens (including phenoxy) is 7. The summed E-state index contributed by atoms with van der Waals surface area (Å²) in [6, 6.07) is 47.7. The van der Waals surface area contributed by atoms with Crippen LogP contribution in [0.5, 0.6) is 5.75 Å². The summed E-state index contributed by atoms with van der Waals surface area (Å²) in [4.78, 5) is 12.8. The van der Waals surface area contributed by atoms with E-state index in [2.05, 4.69) is 0 Å². The number of esters is 1. The molecule has 8 heteroatoms. The van der Waals surface area contributed by atoms with E-state index in [0.29, 0.717) is 38.6 Å². The Labute approximate surface area is 318 Å². The van der Waals surface area contributed by atoms with E-state index in [1.165, 1.54) is 13.2 Å². The summed E-state index contributed by atoms with van der Waals surface area (Å²) in [5.41, 5.74) is 5.65. The summed E-state index contributed by atoms with van der Waals surface area (Å²) in [5, 5.41) is 0. The van der Waals surface area contributed by atoms with E-state index in [9.17, 15) is 4.79 Å². The predicted molar refractivity (Wildman–Crippen MR) is 207 cm³/mol. The fraction of sp³-hybridized carbons (Fsp3) is 0.283. The molecule has 5 atom stereocenters. The van der Waals surface area contributed by atoms with Crippen LogP contribution in [0.4, 0.5) is 0 Å². The molecule has 1 aliphatic rings. The largest absolute Gasteiger partial charge is 0.497 e. The molecule has 5 aromatic rings. The highest BCUT2D eigenvalue weighted by molar-refractivity contribution is 5.91. The minimum Gasteiger partial charge on any atom is -0.497 e. The summed E-state index contributed by atoms with van der Waals surface area (Å²) in [7, 11) is 2.99. The van der Waals surface area contributed by atoms with Gasteiger partial charge in [0.05, 0.1) is 53.4 Å². The number of carbonyl (C=O) groups excluding carboxylic acids is 1. The minimum atomic E-state index is -0.612. The highest BCUT2D eigenvalue weighted by atomic mass is 16.6. The van der Waals surface area contributed by atoms with Gasteiger partial charge in [-0.2, -0.15) is 0 Å². The third kappa shape index (κ3) is 11.2. The first kappa shape index (κ1) is 38.6. The van der Waals surface area contributed by atoms with Crippen LogP contribution in [0, 0.1) is 0 Å². The molecule has 0 bridgehead atoms. The van der Waals surface area contributed by atoms with Gasteiger partial charge >= 0.3 is 5.97 Å². The monoisotopic (exact) mass is 728 g/mol. The third-order valence-corrected chi connectivity index (χ3v) is 9.35. The number of hydrogen-bond donors (Lipinski definition) is 0. The van der Waals surface area contributed by atoms with Gasteiger partial charge in [0, 0.05) is 12.5 Å². The Kier molecular flexibility index (Phi) is 14.6. The lowest BCUT2D eigenvalue weighted by atomic mass is 9.88. The summed E-state index contributed by atoms with van der Waals surface area (Å²) in [6.07, 6.45) is -1.07. The first-order chi connectivity index (χ1) is 26.6. The molecule has 5 aromatic carbocycles. The van der Waals surface area contributed by atoms with Crippen molar-refractivity contribution >= 4 is 11.5 Å². The third-order valence-electron chi connectivity index (χ3n) is 9.35. The normalized spacial score (nSPS) is 20.0. The fourth-order valence-electron chi connectivity index (χ4n) is 6.53. The molecule has 1 heterocycles. The molecule has 54 heavy (non-hydrogen) atoms. The van der Waals surface area contributed by atoms with Crippen molar-refractivity contribution in [1.29, 1.82) is 0 Å². The molecule has 1 fully saturated rings. The Bertz CT molecular complexity index is 1850. The Morgan fingerprint density at radius 3 is 1.46 bits per heavy atom. The van der Waals surface area contributed by atoms with Crippen molar-refractivity contribution in [2.24, 2.45) is 0 Å². The second-order valence-corrected chi connectivity index (χ2v) is 13.1. The van der Waals surface area contributed by atoms with Gasteiger partial charge in [0.15, 0.2) is 0 Å². The van der Waals surface area contributed by atoms with Crippen LogP contribution in [-0.4, -0.2) is 57.3 Å². The molecule has 0 unspecified atom stereocenters. The van der Waals surface area contributed by atoms with Crippen LogP contribution in [0.15, 0.2) is 152 Å². The van der Waals surface area contributed by atoms with E-state index in [0.717, 1.165) is 33.4 Å². The van der Waals surface area contributed by atoms with Crippen LogP contribution in [0.3, 0.4) is 0 Å². The predicted octanol–water partition coefficient (Wildman–Crippen LogP) is 8.38. The molecule has 0 N–H and O–H groups in total. The van der Waals surface area contributed by atoms with Crippen LogP contribution in [0.1, 0.15) is 34.2 Å². The molecule has 0 amide bonds. The SMILES string of the molecule is COC(=O)/C=C(\C[C@H]1O[C@H](COCc2ccccc2)[C@@H](OCc2ccccc2)[C@H](OCc2ccccc2)[C@@H]1OCc1ccccc1)c1ccc(OC)cc1. The number of benzene rings is 5. The minimum absolute atomic E-state index is 0.236. The van der Waals surface area contributed by atoms with Crippen molar-refractivity contribution in [2.45, 2.75) is 63.4 Å². The van der Waals surface area contributed by atoms with Crippen LogP contribution in [-0.2, 0) is 59.6 Å². The standard InChI is InChI=1S/C46H48O8/c1-48-40-25-23-38(24-26-40)39(28-43(47)49-2)27-41-44(51-30-35-17-9-4-10-18-35)46(53-32-37-21-13-6-14-22-37)45(52-31-36-19-11-5-12-20-36)42(54-41)33-50-29-34-15-7-3-8-16-34/h3-26,28,41-42,44-46H,27,29-33H2,1-2H3/b39-28+/t41-,42-,44-,45-,46-/m1/s1. The van der Waals surface area contributed by atoms with Gasteiger partial charge in [0.25, 0.3) is 0 Å². The smallest absolute Gasteiger partial charge is 0.330 e. The highest BCUT2D eigenvalue weighted by Gasteiger charge is 2.48. The fourth-order valence-corrected chi connectivity index (χ4v) is 6.53. The maximum Gasteiger partial charge on any atom is 0.330 e. The molecule has 1 aliphatic heterocycles. The molecule has 0 radical (unpaired) electrons.